The van der Waals surface area contributed by atoms with Crippen molar-refractivity contribution in [2.75, 3.05) is 7.11 Å². The smallest absolute Gasteiger partial charge is 0.279 e. The van der Waals surface area contributed by atoms with Gasteiger partial charge < -0.3 is 10.1 Å². The van der Waals surface area contributed by atoms with Crippen molar-refractivity contribution in [2.45, 2.75) is 0 Å². The van der Waals surface area contributed by atoms with Gasteiger partial charge in [-0.25, -0.2) is 0 Å². The second-order valence-corrected chi connectivity index (χ2v) is 6.53. The number of aliphatic imine (C=N–C) groups is 1. The van der Waals surface area contributed by atoms with E-state index < -0.39 is 5.91 Å². The van der Waals surface area contributed by atoms with Gasteiger partial charge >= 0.3 is 0 Å². The van der Waals surface area contributed by atoms with Gasteiger partial charge in [-0.05, 0) is 59.8 Å². The zero-order chi connectivity index (χ0) is 17.8. The maximum atomic E-state index is 12.1. The highest BCUT2D eigenvalue weighted by Gasteiger charge is 2.24. The summed E-state index contributed by atoms with van der Waals surface area (Å²) < 4.78 is 5.10. The van der Waals surface area contributed by atoms with Crippen LogP contribution in [-0.2, 0) is 4.79 Å². The van der Waals surface area contributed by atoms with Gasteiger partial charge in [-0.15, -0.1) is 0 Å². The summed E-state index contributed by atoms with van der Waals surface area (Å²) >= 11 is 6.92. The van der Waals surface area contributed by atoms with Crippen LogP contribution < -0.4 is 10.1 Å². The number of nitrogens with one attached hydrogen (secondary N) is 1. The zero-order valence-electron chi connectivity index (χ0n) is 13.2. The van der Waals surface area contributed by atoms with Crippen LogP contribution in [-0.4, -0.2) is 24.1 Å². The molecule has 0 aromatic heterocycles. The normalized spacial score (nSPS) is 17.0. The first-order valence-corrected chi connectivity index (χ1v) is 8.48. The van der Waals surface area contributed by atoms with Gasteiger partial charge in [-0.3, -0.25) is 9.59 Å². The molecule has 1 N–H and O–H groups in total. The second kappa shape index (κ2) is 7.55. The van der Waals surface area contributed by atoms with E-state index >= 15 is 0 Å². The Bertz CT molecular complexity index is 874. The third-order valence-electron chi connectivity index (χ3n) is 3.36. The Morgan fingerprint density at radius 3 is 2.48 bits per heavy atom. The molecule has 25 heavy (non-hydrogen) atoms. The molecule has 126 valence electrons. The van der Waals surface area contributed by atoms with Gasteiger partial charge in [0.15, 0.2) is 5.17 Å². The zero-order valence-corrected chi connectivity index (χ0v) is 14.7. The quantitative estimate of drug-likeness (QED) is 0.833. The highest BCUT2D eigenvalue weighted by molar-refractivity contribution is 8.18. The molecule has 0 spiro atoms. The van der Waals surface area contributed by atoms with Crippen molar-refractivity contribution in [3.05, 3.63) is 69.6 Å². The predicted molar refractivity (Wildman–Crippen MR) is 99.9 cm³/mol. The molecule has 1 heterocycles. The lowest BCUT2D eigenvalue weighted by molar-refractivity contribution is -0.115. The van der Waals surface area contributed by atoms with Crippen LogP contribution in [0.3, 0.4) is 0 Å². The lowest BCUT2D eigenvalue weighted by Gasteiger charge is -1.99. The van der Waals surface area contributed by atoms with Crippen LogP contribution in [0.15, 0.2) is 58.4 Å². The van der Waals surface area contributed by atoms with E-state index in [0.29, 0.717) is 15.5 Å². The minimum absolute atomic E-state index is 0.254. The SMILES string of the molecule is COc1ccc(/C=C2\SC(=NC(=O)c3ccc(Cl)cc3)NC2=O)cc1. The average Bonchev–Trinajstić information content (AvgIpc) is 2.95. The minimum Gasteiger partial charge on any atom is -0.497 e. The van der Waals surface area contributed by atoms with Crippen LogP contribution in [0.2, 0.25) is 5.02 Å². The standard InChI is InChI=1S/C18H13ClN2O3S/c1-24-14-8-2-11(3-9-14)10-15-17(23)21-18(25-15)20-16(22)12-4-6-13(19)7-5-12/h2-10H,1H3,(H,20,21,22,23)/b15-10-. The molecule has 0 radical (unpaired) electrons. The summed E-state index contributed by atoms with van der Waals surface area (Å²) in [6, 6.07) is 13.7. The fraction of sp³-hybridized carbons (Fsp3) is 0.0556. The van der Waals surface area contributed by atoms with E-state index in [-0.39, 0.29) is 11.1 Å². The summed E-state index contributed by atoms with van der Waals surface area (Å²) in [7, 11) is 1.59. The second-order valence-electron chi connectivity index (χ2n) is 5.07. The molecule has 2 aromatic carbocycles. The largest absolute Gasteiger partial charge is 0.497 e. The molecule has 2 amide bonds. The van der Waals surface area contributed by atoms with Crippen molar-refractivity contribution >= 4 is 46.4 Å². The van der Waals surface area contributed by atoms with Gasteiger partial charge in [0.05, 0.1) is 12.0 Å². The van der Waals surface area contributed by atoms with Crippen LogP contribution in [0.5, 0.6) is 5.75 Å². The van der Waals surface area contributed by atoms with Gasteiger partial charge in [0.25, 0.3) is 11.8 Å². The molecule has 1 aliphatic rings. The number of rotatable bonds is 3. The number of methoxy groups -OCH3 is 1. The highest BCUT2D eigenvalue weighted by Crippen LogP contribution is 2.27. The van der Waals surface area contributed by atoms with Crippen LogP contribution in [0, 0.1) is 0 Å². The van der Waals surface area contributed by atoms with Crippen LogP contribution >= 0.6 is 23.4 Å². The van der Waals surface area contributed by atoms with Crippen molar-refractivity contribution in [3.63, 3.8) is 0 Å². The molecule has 1 aliphatic heterocycles. The Morgan fingerprint density at radius 1 is 1.16 bits per heavy atom. The number of thioether (sulfide) groups is 1. The number of hydrogen-bond donors (Lipinski definition) is 1. The molecule has 0 unspecified atom stereocenters. The number of ether oxygens (including phenoxy) is 1. The lowest BCUT2D eigenvalue weighted by atomic mass is 10.2. The topological polar surface area (TPSA) is 67.8 Å². The van der Waals surface area contributed by atoms with Gasteiger partial charge in [0.1, 0.15) is 5.75 Å². The van der Waals surface area contributed by atoms with E-state index in [1.807, 2.05) is 24.3 Å². The third-order valence-corrected chi connectivity index (χ3v) is 4.52. The maximum absolute atomic E-state index is 12.1. The molecule has 1 fully saturated rings. The Hall–Kier alpha value is -2.57. The summed E-state index contributed by atoms with van der Waals surface area (Å²) in [4.78, 5) is 28.6. The first-order chi connectivity index (χ1) is 12.0. The van der Waals surface area contributed by atoms with E-state index in [0.717, 1.165) is 23.1 Å². The number of carbonyl (C=O) groups excluding carboxylic acids is 2. The van der Waals surface area contributed by atoms with E-state index in [1.165, 1.54) is 0 Å². The third kappa shape index (κ3) is 4.29. The average molecular weight is 373 g/mol. The van der Waals surface area contributed by atoms with Gasteiger partial charge in [-0.1, -0.05) is 23.7 Å². The van der Waals surface area contributed by atoms with E-state index in [4.69, 9.17) is 16.3 Å². The minimum atomic E-state index is -0.440. The summed E-state index contributed by atoms with van der Waals surface area (Å²) in [6.07, 6.45) is 1.73. The molecule has 1 saturated heterocycles. The molecule has 0 saturated carbocycles. The van der Waals surface area contributed by atoms with Crippen LogP contribution in [0.4, 0.5) is 0 Å². The summed E-state index contributed by atoms with van der Waals surface area (Å²) in [5.41, 5.74) is 1.25. The Balaban J connectivity index is 1.75. The van der Waals surface area contributed by atoms with Crippen molar-refractivity contribution in [1.29, 1.82) is 0 Å². The fourth-order valence-corrected chi connectivity index (χ4v) is 3.03. The molecule has 7 heteroatoms. The molecular weight excluding hydrogens is 360 g/mol. The van der Waals surface area contributed by atoms with E-state index in [9.17, 15) is 9.59 Å². The number of amides is 2. The molecule has 3 rings (SSSR count). The van der Waals surface area contributed by atoms with Crippen molar-refractivity contribution in [3.8, 4) is 5.75 Å². The van der Waals surface area contributed by atoms with Gasteiger partial charge in [-0.2, -0.15) is 4.99 Å². The molecule has 0 atom stereocenters. The Morgan fingerprint density at radius 2 is 1.84 bits per heavy atom. The summed E-state index contributed by atoms with van der Waals surface area (Å²) in [5, 5.41) is 3.39. The van der Waals surface area contributed by atoms with Gasteiger partial charge in [0, 0.05) is 10.6 Å². The molecule has 0 aliphatic carbocycles. The van der Waals surface area contributed by atoms with E-state index in [1.54, 1.807) is 37.5 Å². The Labute approximate surface area is 153 Å². The fourth-order valence-electron chi connectivity index (χ4n) is 2.08. The molecular formula is C18H13ClN2O3S. The number of benzene rings is 2. The first-order valence-electron chi connectivity index (χ1n) is 7.29. The van der Waals surface area contributed by atoms with Crippen molar-refractivity contribution < 1.29 is 14.3 Å². The number of nitrogens with zero attached hydrogens (tertiary/aromatic N) is 1. The van der Waals surface area contributed by atoms with Crippen LogP contribution in [0.1, 0.15) is 15.9 Å². The highest BCUT2D eigenvalue weighted by atomic mass is 35.5. The number of amidine groups is 1. The summed E-state index contributed by atoms with van der Waals surface area (Å²) in [5.74, 6) is 0.00938. The number of halogens is 1. The predicted octanol–water partition coefficient (Wildman–Crippen LogP) is 3.75. The van der Waals surface area contributed by atoms with Gasteiger partial charge in [0.2, 0.25) is 0 Å². The monoisotopic (exact) mass is 372 g/mol. The number of carbonyl (C=O) groups is 2. The van der Waals surface area contributed by atoms with Crippen molar-refractivity contribution in [1.82, 2.24) is 5.32 Å². The van der Waals surface area contributed by atoms with Crippen LogP contribution in [0.25, 0.3) is 6.08 Å². The van der Waals surface area contributed by atoms with Crippen molar-refractivity contribution in [2.24, 2.45) is 4.99 Å². The maximum Gasteiger partial charge on any atom is 0.279 e. The lowest BCUT2D eigenvalue weighted by Crippen LogP contribution is -2.20. The summed E-state index contributed by atoms with van der Waals surface area (Å²) in [6.45, 7) is 0. The Kier molecular flexibility index (Phi) is 5.21. The number of hydrogen-bond acceptors (Lipinski definition) is 4. The molecule has 5 nitrogen and oxygen atoms in total. The molecule has 0 bridgehead atoms. The molecule has 2 aromatic rings. The first kappa shape index (κ1) is 17.3. The van der Waals surface area contributed by atoms with E-state index in [2.05, 4.69) is 10.3 Å².